The molecule has 0 saturated heterocycles. The van der Waals surface area contributed by atoms with Gasteiger partial charge in [0, 0.05) is 33.7 Å². The van der Waals surface area contributed by atoms with Crippen molar-refractivity contribution in [3.05, 3.63) is 0 Å². The summed E-state index contributed by atoms with van der Waals surface area (Å²) in [4.78, 5) is 13.3. The van der Waals surface area contributed by atoms with Gasteiger partial charge in [-0.15, -0.1) is 0 Å². The summed E-state index contributed by atoms with van der Waals surface area (Å²) >= 11 is 4.03. The first-order chi connectivity index (χ1) is 6.76. The van der Waals surface area contributed by atoms with Crippen LogP contribution in [0.15, 0.2) is 0 Å². The lowest BCUT2D eigenvalue weighted by molar-refractivity contribution is -0.132. The van der Waals surface area contributed by atoms with Gasteiger partial charge in [-0.25, -0.2) is 0 Å². The van der Waals surface area contributed by atoms with Crippen LogP contribution in [0.1, 0.15) is 6.42 Å². The van der Waals surface area contributed by atoms with Crippen LogP contribution >= 0.6 is 12.6 Å². The van der Waals surface area contributed by atoms with Gasteiger partial charge in [0.15, 0.2) is 0 Å². The van der Waals surface area contributed by atoms with E-state index in [1.165, 1.54) is 0 Å². The molecule has 0 rings (SSSR count). The molecule has 5 heteroatoms. The maximum Gasteiger partial charge on any atom is 0.223 e. The Morgan fingerprint density at radius 3 is 2.07 bits per heavy atom. The number of methoxy groups -OCH3 is 2. The van der Waals surface area contributed by atoms with Gasteiger partial charge in [0.1, 0.15) is 0 Å². The van der Waals surface area contributed by atoms with Crippen molar-refractivity contribution in [1.82, 2.24) is 4.90 Å². The van der Waals surface area contributed by atoms with Crippen molar-refractivity contribution in [2.45, 2.75) is 6.42 Å². The summed E-state index contributed by atoms with van der Waals surface area (Å²) in [5.74, 6) is 0.684. The molecule has 0 N–H and O–H groups in total. The SMILES string of the molecule is COCCN(CCOC)C(=O)CCS. The van der Waals surface area contributed by atoms with E-state index in [4.69, 9.17) is 9.47 Å². The van der Waals surface area contributed by atoms with Gasteiger partial charge < -0.3 is 14.4 Å². The largest absolute Gasteiger partial charge is 0.383 e. The molecule has 0 saturated carbocycles. The predicted molar refractivity (Wildman–Crippen MR) is 58.8 cm³/mol. The molecule has 84 valence electrons. The molecule has 0 heterocycles. The molecule has 0 aromatic rings. The van der Waals surface area contributed by atoms with Gasteiger partial charge in [0.05, 0.1) is 13.2 Å². The summed E-state index contributed by atoms with van der Waals surface area (Å²) < 4.78 is 9.85. The van der Waals surface area contributed by atoms with Crippen LogP contribution in [0.25, 0.3) is 0 Å². The zero-order chi connectivity index (χ0) is 10.8. The van der Waals surface area contributed by atoms with Crippen LogP contribution in [0, 0.1) is 0 Å². The summed E-state index contributed by atoms with van der Waals surface area (Å²) in [6.45, 7) is 2.35. The lowest BCUT2D eigenvalue weighted by atomic mass is 10.3. The summed E-state index contributed by atoms with van der Waals surface area (Å²) in [6, 6.07) is 0. The van der Waals surface area contributed by atoms with Crippen molar-refractivity contribution in [3.8, 4) is 0 Å². The third kappa shape index (κ3) is 6.23. The number of ether oxygens (including phenoxy) is 2. The van der Waals surface area contributed by atoms with Crippen LogP contribution in [0.5, 0.6) is 0 Å². The number of thiol groups is 1. The van der Waals surface area contributed by atoms with E-state index >= 15 is 0 Å². The molecule has 0 bridgehead atoms. The molecule has 0 aliphatic carbocycles. The van der Waals surface area contributed by atoms with Crippen molar-refractivity contribution in [2.75, 3.05) is 46.3 Å². The lowest BCUT2D eigenvalue weighted by Crippen LogP contribution is -2.36. The summed E-state index contributed by atoms with van der Waals surface area (Å²) in [7, 11) is 3.25. The number of rotatable bonds is 8. The summed E-state index contributed by atoms with van der Waals surface area (Å²) in [5.41, 5.74) is 0. The van der Waals surface area contributed by atoms with Crippen molar-refractivity contribution >= 4 is 18.5 Å². The highest BCUT2D eigenvalue weighted by molar-refractivity contribution is 7.80. The quantitative estimate of drug-likeness (QED) is 0.604. The molecule has 0 fully saturated rings. The normalized spacial score (nSPS) is 10.2. The molecule has 4 nitrogen and oxygen atoms in total. The van der Waals surface area contributed by atoms with E-state index < -0.39 is 0 Å². The standard InChI is InChI=1S/C9H19NO3S/c1-12-6-4-10(5-7-13-2)9(11)3-8-14/h14H,3-8H2,1-2H3. The van der Waals surface area contributed by atoms with Crippen LogP contribution in [-0.4, -0.2) is 57.1 Å². The second kappa shape index (κ2) is 9.30. The van der Waals surface area contributed by atoms with E-state index in [-0.39, 0.29) is 5.91 Å². The Morgan fingerprint density at radius 1 is 1.21 bits per heavy atom. The number of carbonyl (C=O) groups is 1. The minimum Gasteiger partial charge on any atom is -0.383 e. The number of carbonyl (C=O) groups excluding carboxylic acids is 1. The van der Waals surface area contributed by atoms with Crippen molar-refractivity contribution in [2.24, 2.45) is 0 Å². The van der Waals surface area contributed by atoms with Gasteiger partial charge in [0.2, 0.25) is 5.91 Å². The smallest absolute Gasteiger partial charge is 0.223 e. The minimum atomic E-state index is 0.106. The third-order valence-electron chi connectivity index (χ3n) is 1.81. The second-order valence-corrected chi connectivity index (χ2v) is 3.29. The molecule has 0 atom stereocenters. The molecule has 0 aromatic carbocycles. The van der Waals surface area contributed by atoms with E-state index in [2.05, 4.69) is 12.6 Å². The van der Waals surface area contributed by atoms with E-state index in [1.54, 1.807) is 19.1 Å². The zero-order valence-electron chi connectivity index (χ0n) is 8.86. The predicted octanol–water partition coefficient (Wildman–Crippen LogP) is 0.428. The van der Waals surface area contributed by atoms with E-state index in [0.717, 1.165) is 0 Å². The Kier molecular flexibility index (Phi) is 9.13. The first-order valence-electron chi connectivity index (χ1n) is 4.62. The maximum absolute atomic E-state index is 11.5. The Bertz CT molecular complexity index is 147. The monoisotopic (exact) mass is 221 g/mol. The Balaban J connectivity index is 3.88. The Hall–Kier alpha value is -0.260. The van der Waals surface area contributed by atoms with Gasteiger partial charge in [-0.2, -0.15) is 12.6 Å². The molecule has 1 amide bonds. The van der Waals surface area contributed by atoms with Crippen molar-refractivity contribution in [1.29, 1.82) is 0 Å². The molecule has 0 aliphatic rings. The lowest BCUT2D eigenvalue weighted by Gasteiger charge is -2.21. The molecule has 0 aliphatic heterocycles. The fourth-order valence-corrected chi connectivity index (χ4v) is 1.21. The summed E-state index contributed by atoms with van der Waals surface area (Å²) in [6.07, 6.45) is 0.469. The van der Waals surface area contributed by atoms with Gasteiger partial charge in [0.25, 0.3) is 0 Å². The van der Waals surface area contributed by atoms with Crippen LogP contribution in [0.3, 0.4) is 0 Å². The number of amides is 1. The molecule has 0 spiro atoms. The van der Waals surface area contributed by atoms with Crippen LogP contribution in [0.4, 0.5) is 0 Å². The molecule has 14 heavy (non-hydrogen) atoms. The average Bonchev–Trinajstić information content (AvgIpc) is 2.18. The number of hydrogen-bond acceptors (Lipinski definition) is 4. The van der Waals surface area contributed by atoms with Gasteiger partial charge >= 0.3 is 0 Å². The van der Waals surface area contributed by atoms with Gasteiger partial charge in [-0.05, 0) is 5.75 Å². The second-order valence-electron chi connectivity index (χ2n) is 2.84. The fourth-order valence-electron chi connectivity index (χ4n) is 1.02. The van der Waals surface area contributed by atoms with Crippen molar-refractivity contribution in [3.63, 3.8) is 0 Å². The summed E-state index contributed by atoms with van der Waals surface area (Å²) in [5, 5.41) is 0. The maximum atomic E-state index is 11.5. The number of hydrogen-bond donors (Lipinski definition) is 1. The van der Waals surface area contributed by atoms with Crippen LogP contribution in [0.2, 0.25) is 0 Å². The zero-order valence-corrected chi connectivity index (χ0v) is 9.76. The Morgan fingerprint density at radius 2 is 1.71 bits per heavy atom. The third-order valence-corrected chi connectivity index (χ3v) is 2.03. The van der Waals surface area contributed by atoms with E-state index in [9.17, 15) is 4.79 Å². The highest BCUT2D eigenvalue weighted by Crippen LogP contribution is 1.96. The van der Waals surface area contributed by atoms with Crippen molar-refractivity contribution < 1.29 is 14.3 Å². The Labute approximate surface area is 91.0 Å². The van der Waals surface area contributed by atoms with Gasteiger partial charge in [-0.3, -0.25) is 4.79 Å². The van der Waals surface area contributed by atoms with E-state index in [1.807, 2.05) is 0 Å². The average molecular weight is 221 g/mol. The van der Waals surface area contributed by atoms with Gasteiger partial charge in [-0.1, -0.05) is 0 Å². The van der Waals surface area contributed by atoms with E-state index in [0.29, 0.717) is 38.5 Å². The van der Waals surface area contributed by atoms with Crippen LogP contribution in [-0.2, 0) is 14.3 Å². The molecular weight excluding hydrogens is 202 g/mol. The first-order valence-corrected chi connectivity index (χ1v) is 5.26. The molecule has 0 unspecified atom stereocenters. The molecule has 0 aromatic heterocycles. The molecular formula is C9H19NO3S. The fraction of sp³-hybridized carbons (Fsp3) is 0.889. The molecule has 0 radical (unpaired) electrons. The van der Waals surface area contributed by atoms with Crippen LogP contribution < -0.4 is 0 Å². The topological polar surface area (TPSA) is 38.8 Å². The highest BCUT2D eigenvalue weighted by Gasteiger charge is 2.11. The first kappa shape index (κ1) is 13.7. The highest BCUT2D eigenvalue weighted by atomic mass is 32.1. The minimum absolute atomic E-state index is 0.106. The number of nitrogens with zero attached hydrogens (tertiary/aromatic N) is 1.